The van der Waals surface area contributed by atoms with Gasteiger partial charge in [-0.3, -0.25) is 4.79 Å². The summed E-state index contributed by atoms with van der Waals surface area (Å²) in [6.45, 7) is -0.512. The van der Waals surface area contributed by atoms with Gasteiger partial charge < -0.3 is 10.1 Å². The molecular weight excluding hydrogens is 458 g/mol. The normalized spacial score (nSPS) is 11.0. The number of ether oxygens (including phenoxy) is 1. The summed E-state index contributed by atoms with van der Waals surface area (Å²) in [5.74, 6) is -1.30. The number of carbonyl (C=O) groups excluding carboxylic acids is 2. The van der Waals surface area contributed by atoms with E-state index in [2.05, 4.69) is 5.32 Å². The highest BCUT2D eigenvalue weighted by molar-refractivity contribution is 7.99. The second kappa shape index (κ2) is 10.00. The van der Waals surface area contributed by atoms with E-state index in [4.69, 9.17) is 16.3 Å². The number of halogens is 1. The number of benzene rings is 3. The van der Waals surface area contributed by atoms with Crippen molar-refractivity contribution in [2.75, 3.05) is 18.2 Å². The minimum atomic E-state index is -3.46. The van der Waals surface area contributed by atoms with Crippen molar-refractivity contribution in [3.05, 3.63) is 83.4 Å². The molecule has 0 unspecified atom stereocenters. The summed E-state index contributed by atoms with van der Waals surface area (Å²) in [7, 11) is -3.46. The van der Waals surface area contributed by atoms with Crippen LogP contribution in [0.15, 0.2) is 87.5 Å². The van der Waals surface area contributed by atoms with E-state index in [9.17, 15) is 18.0 Å². The van der Waals surface area contributed by atoms with Crippen molar-refractivity contribution in [1.29, 1.82) is 0 Å². The zero-order valence-electron chi connectivity index (χ0n) is 16.4. The number of hydrogen-bond acceptors (Lipinski definition) is 6. The number of nitrogens with one attached hydrogen (secondary N) is 1. The van der Waals surface area contributed by atoms with E-state index in [1.807, 2.05) is 24.3 Å². The Hall–Kier alpha value is -2.81. The maximum atomic E-state index is 12.3. The highest BCUT2D eigenvalue weighted by Gasteiger charge is 2.15. The third-order valence-corrected chi connectivity index (χ3v) is 6.48. The van der Waals surface area contributed by atoms with Crippen LogP contribution in [0.1, 0.15) is 10.4 Å². The Morgan fingerprint density at radius 3 is 2.42 bits per heavy atom. The van der Waals surface area contributed by atoms with E-state index in [0.29, 0.717) is 10.7 Å². The average molecular weight is 476 g/mol. The molecule has 3 aromatic carbocycles. The molecule has 3 aromatic rings. The standard InChI is InChI=1S/C22H18ClNO5S2/c1-31(27,28)18-6-4-5-15(13-18)22(26)29-14-21(25)24-19-7-2-3-8-20(19)30-17-11-9-16(23)10-12-17/h2-13H,14H2,1H3,(H,24,25). The molecule has 0 aliphatic rings. The summed E-state index contributed by atoms with van der Waals surface area (Å²) < 4.78 is 28.3. The lowest BCUT2D eigenvalue weighted by molar-refractivity contribution is -0.119. The van der Waals surface area contributed by atoms with Gasteiger partial charge in [-0.1, -0.05) is 41.6 Å². The molecule has 1 amide bonds. The largest absolute Gasteiger partial charge is 0.452 e. The predicted molar refractivity (Wildman–Crippen MR) is 120 cm³/mol. The van der Waals surface area contributed by atoms with Crippen LogP contribution in [0.2, 0.25) is 5.02 Å². The minimum Gasteiger partial charge on any atom is -0.452 e. The fourth-order valence-corrected chi connectivity index (χ4v) is 4.24. The summed E-state index contributed by atoms with van der Waals surface area (Å²) >= 11 is 7.36. The van der Waals surface area contributed by atoms with Crippen molar-refractivity contribution >= 4 is 50.8 Å². The predicted octanol–water partition coefficient (Wildman–Crippen LogP) is 4.69. The molecule has 9 heteroatoms. The second-order valence-electron chi connectivity index (χ2n) is 6.48. The second-order valence-corrected chi connectivity index (χ2v) is 10.0. The molecule has 0 saturated carbocycles. The number of rotatable bonds is 7. The van der Waals surface area contributed by atoms with Crippen molar-refractivity contribution in [2.45, 2.75) is 14.7 Å². The van der Waals surface area contributed by atoms with E-state index in [1.165, 1.54) is 36.0 Å². The Morgan fingerprint density at radius 1 is 1.00 bits per heavy atom. The summed E-state index contributed by atoms with van der Waals surface area (Å²) in [6, 6.07) is 20.0. The Labute approximate surface area is 189 Å². The quantitative estimate of drug-likeness (QED) is 0.498. The van der Waals surface area contributed by atoms with E-state index in [1.54, 1.807) is 24.3 Å². The molecule has 1 N–H and O–H groups in total. The lowest BCUT2D eigenvalue weighted by Gasteiger charge is -2.11. The third-order valence-electron chi connectivity index (χ3n) is 4.03. The van der Waals surface area contributed by atoms with Crippen molar-refractivity contribution in [3.8, 4) is 0 Å². The van der Waals surface area contributed by atoms with Gasteiger partial charge in [-0.25, -0.2) is 13.2 Å². The number of carbonyl (C=O) groups is 2. The van der Waals surface area contributed by atoms with Gasteiger partial charge in [0.2, 0.25) is 0 Å². The molecule has 160 valence electrons. The number of amides is 1. The highest BCUT2D eigenvalue weighted by Crippen LogP contribution is 2.33. The minimum absolute atomic E-state index is 0.000414. The Balaban J connectivity index is 1.63. The van der Waals surface area contributed by atoms with E-state index in [0.717, 1.165) is 16.0 Å². The molecule has 0 atom stereocenters. The van der Waals surface area contributed by atoms with Gasteiger partial charge in [0.05, 0.1) is 16.1 Å². The van der Waals surface area contributed by atoms with E-state index in [-0.39, 0.29) is 10.5 Å². The summed E-state index contributed by atoms with van der Waals surface area (Å²) in [6.07, 6.45) is 1.05. The molecule has 0 bridgehead atoms. The lowest BCUT2D eigenvalue weighted by Crippen LogP contribution is -2.21. The maximum absolute atomic E-state index is 12.3. The summed E-state index contributed by atoms with van der Waals surface area (Å²) in [5, 5.41) is 3.36. The van der Waals surface area contributed by atoms with Crippen LogP contribution in [0.5, 0.6) is 0 Å². The zero-order chi connectivity index (χ0) is 22.4. The molecule has 0 radical (unpaired) electrons. The molecule has 0 aliphatic carbocycles. The van der Waals surface area contributed by atoms with Crippen LogP contribution in [-0.4, -0.2) is 33.2 Å². The summed E-state index contributed by atoms with van der Waals surface area (Å²) in [5.41, 5.74) is 0.622. The lowest BCUT2D eigenvalue weighted by atomic mass is 10.2. The van der Waals surface area contributed by atoms with E-state index >= 15 is 0 Å². The first kappa shape index (κ1) is 22.9. The third kappa shape index (κ3) is 6.58. The van der Waals surface area contributed by atoms with Crippen LogP contribution >= 0.6 is 23.4 Å². The molecule has 0 fully saturated rings. The molecule has 0 aromatic heterocycles. The average Bonchev–Trinajstić information content (AvgIpc) is 2.74. The maximum Gasteiger partial charge on any atom is 0.338 e. The van der Waals surface area contributed by atoms with Crippen LogP contribution in [-0.2, 0) is 19.4 Å². The SMILES string of the molecule is CS(=O)(=O)c1cccc(C(=O)OCC(=O)Nc2ccccc2Sc2ccc(Cl)cc2)c1. The van der Waals surface area contributed by atoms with Gasteiger partial charge in [-0.15, -0.1) is 0 Å². The Kier molecular flexibility index (Phi) is 7.37. The number of sulfone groups is 1. The molecule has 0 saturated heterocycles. The van der Waals surface area contributed by atoms with Crippen LogP contribution < -0.4 is 5.32 Å². The Bertz CT molecular complexity index is 1210. The van der Waals surface area contributed by atoms with Crippen molar-refractivity contribution in [1.82, 2.24) is 0 Å². The number of hydrogen-bond donors (Lipinski definition) is 1. The highest BCUT2D eigenvalue weighted by atomic mass is 35.5. The van der Waals surface area contributed by atoms with Crippen LogP contribution in [0.4, 0.5) is 5.69 Å². The first-order valence-corrected chi connectivity index (χ1v) is 12.1. The van der Waals surface area contributed by atoms with Crippen molar-refractivity contribution in [3.63, 3.8) is 0 Å². The van der Waals surface area contributed by atoms with Crippen LogP contribution in [0.25, 0.3) is 0 Å². The fourth-order valence-electron chi connectivity index (χ4n) is 2.54. The van der Waals surface area contributed by atoms with Crippen LogP contribution in [0, 0.1) is 0 Å². The zero-order valence-corrected chi connectivity index (χ0v) is 18.8. The monoisotopic (exact) mass is 475 g/mol. The molecule has 6 nitrogen and oxygen atoms in total. The molecule has 0 spiro atoms. The summed E-state index contributed by atoms with van der Waals surface area (Å²) in [4.78, 5) is 26.3. The first-order valence-electron chi connectivity index (χ1n) is 9.02. The topological polar surface area (TPSA) is 89.5 Å². The van der Waals surface area contributed by atoms with Gasteiger partial charge in [-0.05, 0) is 54.6 Å². The van der Waals surface area contributed by atoms with E-state index < -0.39 is 28.3 Å². The van der Waals surface area contributed by atoms with Crippen molar-refractivity contribution < 1.29 is 22.7 Å². The smallest absolute Gasteiger partial charge is 0.338 e. The Morgan fingerprint density at radius 2 is 1.71 bits per heavy atom. The van der Waals surface area contributed by atoms with Gasteiger partial charge in [0, 0.05) is 21.1 Å². The van der Waals surface area contributed by atoms with Gasteiger partial charge in [0.1, 0.15) is 0 Å². The van der Waals surface area contributed by atoms with Gasteiger partial charge in [0.25, 0.3) is 5.91 Å². The first-order chi connectivity index (χ1) is 14.7. The molecule has 3 rings (SSSR count). The van der Waals surface area contributed by atoms with Gasteiger partial charge >= 0.3 is 5.97 Å². The number of anilines is 1. The number of para-hydroxylation sites is 1. The van der Waals surface area contributed by atoms with Gasteiger partial charge in [0.15, 0.2) is 16.4 Å². The molecular formula is C22H18ClNO5S2. The van der Waals surface area contributed by atoms with Gasteiger partial charge in [-0.2, -0.15) is 0 Å². The molecule has 0 heterocycles. The molecule has 0 aliphatic heterocycles. The number of esters is 1. The molecule has 31 heavy (non-hydrogen) atoms. The van der Waals surface area contributed by atoms with Crippen molar-refractivity contribution in [2.24, 2.45) is 0 Å². The fraction of sp³-hybridized carbons (Fsp3) is 0.0909. The van der Waals surface area contributed by atoms with Crippen LogP contribution in [0.3, 0.4) is 0 Å².